The molecule has 1 saturated heterocycles. The van der Waals surface area contributed by atoms with Crippen LogP contribution in [0.4, 0.5) is 26.0 Å². The van der Waals surface area contributed by atoms with E-state index < -0.39 is 58.7 Å². The summed E-state index contributed by atoms with van der Waals surface area (Å²) in [5.74, 6) is -3.75. The van der Waals surface area contributed by atoms with Crippen LogP contribution in [0.15, 0.2) is 35.1 Å². The van der Waals surface area contributed by atoms with Crippen molar-refractivity contribution in [1.82, 2.24) is 9.78 Å². The number of nitrogens with zero attached hydrogens (tertiary/aromatic N) is 3. The Balaban J connectivity index is 1.40. The fourth-order valence-corrected chi connectivity index (χ4v) is 5.87. The summed E-state index contributed by atoms with van der Waals surface area (Å²) in [6.07, 6.45) is 3.39. The second-order valence-corrected chi connectivity index (χ2v) is 12.1. The van der Waals surface area contributed by atoms with Gasteiger partial charge in [-0.15, -0.1) is 0 Å². The van der Waals surface area contributed by atoms with Crippen molar-refractivity contribution in [3.05, 3.63) is 46.2 Å². The number of amides is 1. The summed E-state index contributed by atoms with van der Waals surface area (Å²) >= 11 is 0. The Hall–Kier alpha value is -3.06. The molecule has 1 aliphatic heterocycles. The van der Waals surface area contributed by atoms with Crippen molar-refractivity contribution in [2.45, 2.75) is 50.5 Å². The van der Waals surface area contributed by atoms with Gasteiger partial charge in [0, 0.05) is 32.0 Å². The lowest BCUT2D eigenvalue weighted by Gasteiger charge is -2.35. The van der Waals surface area contributed by atoms with Crippen LogP contribution in [-0.4, -0.2) is 60.6 Å². The highest BCUT2D eigenvalue weighted by Crippen LogP contribution is 2.54. The summed E-state index contributed by atoms with van der Waals surface area (Å²) < 4.78 is 54.4. The van der Waals surface area contributed by atoms with Crippen LogP contribution in [0.25, 0.3) is 0 Å². The third-order valence-electron chi connectivity index (χ3n) is 7.48. The van der Waals surface area contributed by atoms with Gasteiger partial charge >= 0.3 is 0 Å². The maximum atomic E-state index is 13.3. The zero-order valence-corrected chi connectivity index (χ0v) is 20.9. The fourth-order valence-electron chi connectivity index (χ4n) is 5.04. The third kappa shape index (κ3) is 5.61. The van der Waals surface area contributed by atoms with Crippen LogP contribution in [0.5, 0.6) is 0 Å². The van der Waals surface area contributed by atoms with E-state index in [1.165, 1.54) is 37.1 Å². The SMILES string of the molecule is O=C(Nc1ccc(=O)n(C2CC(F)(F)C2)n1)c1ccc(NS(=O)(=O)CCO)cc1N1CCC2(CC1)CC2. The van der Waals surface area contributed by atoms with Crippen LogP contribution in [0.3, 0.4) is 0 Å². The number of aliphatic hydroxyl groups excluding tert-OH is 1. The van der Waals surface area contributed by atoms with E-state index in [9.17, 15) is 26.8 Å². The zero-order chi connectivity index (χ0) is 26.4. The molecule has 13 heteroatoms. The number of carbonyl (C=O) groups excluding carboxylic acids is 1. The molecular formula is C24H29F2N5O5S. The van der Waals surface area contributed by atoms with Gasteiger partial charge in [-0.3, -0.25) is 14.3 Å². The van der Waals surface area contributed by atoms with E-state index in [0.29, 0.717) is 24.2 Å². The van der Waals surface area contributed by atoms with E-state index in [1.54, 1.807) is 6.07 Å². The summed E-state index contributed by atoms with van der Waals surface area (Å²) in [4.78, 5) is 27.5. The molecule has 2 saturated carbocycles. The second-order valence-electron chi connectivity index (χ2n) is 10.2. The summed E-state index contributed by atoms with van der Waals surface area (Å²) in [5, 5.41) is 15.8. The predicted molar refractivity (Wildman–Crippen MR) is 134 cm³/mol. The first-order valence-electron chi connectivity index (χ1n) is 12.3. The molecule has 3 aliphatic rings. The number of rotatable bonds is 8. The molecule has 2 heterocycles. The Morgan fingerprint density at radius 1 is 1.11 bits per heavy atom. The number of hydrogen-bond acceptors (Lipinski definition) is 7. The molecule has 0 atom stereocenters. The second kappa shape index (κ2) is 9.35. The lowest BCUT2D eigenvalue weighted by molar-refractivity contribution is -0.107. The van der Waals surface area contributed by atoms with E-state index in [2.05, 4.69) is 15.1 Å². The van der Waals surface area contributed by atoms with Gasteiger partial charge in [0.25, 0.3) is 17.4 Å². The van der Waals surface area contributed by atoms with Crippen molar-refractivity contribution in [3.63, 3.8) is 0 Å². The molecule has 0 unspecified atom stereocenters. The lowest BCUT2D eigenvalue weighted by atomic mass is 9.88. The van der Waals surface area contributed by atoms with Gasteiger partial charge in [0.1, 0.15) is 0 Å². The molecule has 1 aromatic heterocycles. The predicted octanol–water partition coefficient (Wildman–Crippen LogP) is 2.58. The topological polar surface area (TPSA) is 134 Å². The number of nitrogens with one attached hydrogen (secondary N) is 2. The standard InChI is InChI=1S/C24H29F2N5O5S/c25-24(26)14-17(15-24)31-21(33)4-3-20(28-31)27-22(34)18-2-1-16(29-37(35,36)12-11-32)13-19(18)30-9-7-23(5-6-23)8-10-30/h1-4,13,17,29,32H,5-12,14-15H2,(H,27,28,34). The van der Waals surface area contributed by atoms with Gasteiger partial charge in [0.15, 0.2) is 5.82 Å². The molecule has 5 rings (SSSR count). The van der Waals surface area contributed by atoms with Gasteiger partial charge in [-0.25, -0.2) is 21.9 Å². The van der Waals surface area contributed by atoms with Crippen LogP contribution in [0.1, 0.15) is 54.9 Å². The summed E-state index contributed by atoms with van der Waals surface area (Å²) in [6, 6.07) is 6.33. The summed E-state index contributed by atoms with van der Waals surface area (Å²) in [7, 11) is -3.76. The minimum atomic E-state index is -3.76. The van der Waals surface area contributed by atoms with Crippen molar-refractivity contribution in [2.75, 3.05) is 40.4 Å². The number of halogens is 2. The Kier molecular flexibility index (Phi) is 6.47. The molecular weight excluding hydrogens is 508 g/mol. The van der Waals surface area contributed by atoms with Crippen molar-refractivity contribution in [3.8, 4) is 0 Å². The Morgan fingerprint density at radius 3 is 2.43 bits per heavy atom. The maximum Gasteiger partial charge on any atom is 0.267 e. The van der Waals surface area contributed by atoms with Crippen LogP contribution in [-0.2, 0) is 10.0 Å². The zero-order valence-electron chi connectivity index (χ0n) is 20.1. The van der Waals surface area contributed by atoms with Crippen LogP contribution in [0, 0.1) is 5.41 Å². The number of sulfonamides is 1. The first-order valence-corrected chi connectivity index (χ1v) is 13.9. The molecule has 2 aromatic rings. The van der Waals surface area contributed by atoms with E-state index in [-0.39, 0.29) is 17.1 Å². The van der Waals surface area contributed by atoms with Gasteiger partial charge in [-0.2, -0.15) is 5.10 Å². The van der Waals surface area contributed by atoms with E-state index in [0.717, 1.165) is 17.5 Å². The fraction of sp³-hybridized carbons (Fsp3) is 0.542. The molecule has 1 amide bonds. The number of anilines is 3. The van der Waals surface area contributed by atoms with Crippen LogP contribution < -0.4 is 20.5 Å². The average molecular weight is 538 g/mol. The highest BCUT2D eigenvalue weighted by molar-refractivity contribution is 7.92. The molecule has 1 spiro atoms. The van der Waals surface area contributed by atoms with Crippen molar-refractivity contribution in [2.24, 2.45) is 5.41 Å². The third-order valence-corrected chi connectivity index (χ3v) is 8.75. The quantitative estimate of drug-likeness (QED) is 0.471. The van der Waals surface area contributed by atoms with E-state index >= 15 is 0 Å². The molecule has 200 valence electrons. The summed E-state index contributed by atoms with van der Waals surface area (Å²) in [6.45, 7) is 0.906. The number of aliphatic hydroxyl groups is 1. The van der Waals surface area contributed by atoms with Gasteiger partial charge in [0.05, 0.1) is 35.3 Å². The van der Waals surface area contributed by atoms with Crippen molar-refractivity contribution < 1.29 is 27.1 Å². The number of carbonyl (C=O) groups is 1. The number of piperidine rings is 1. The molecule has 3 fully saturated rings. The highest BCUT2D eigenvalue weighted by atomic mass is 32.2. The highest BCUT2D eigenvalue weighted by Gasteiger charge is 2.47. The molecule has 0 radical (unpaired) electrons. The van der Waals surface area contributed by atoms with E-state index in [4.69, 9.17) is 5.11 Å². The Bertz CT molecular complexity index is 1360. The number of aromatic nitrogens is 2. The molecule has 37 heavy (non-hydrogen) atoms. The molecule has 0 bridgehead atoms. The molecule has 10 nitrogen and oxygen atoms in total. The normalized spacial score (nSPS) is 20.4. The van der Waals surface area contributed by atoms with E-state index in [1.807, 2.05) is 4.90 Å². The van der Waals surface area contributed by atoms with Crippen molar-refractivity contribution >= 4 is 33.1 Å². The number of alkyl halides is 2. The molecule has 3 N–H and O–H groups in total. The molecule has 2 aliphatic carbocycles. The van der Waals surface area contributed by atoms with Crippen molar-refractivity contribution in [1.29, 1.82) is 0 Å². The van der Waals surface area contributed by atoms with Gasteiger partial charge in [-0.1, -0.05) is 0 Å². The number of hydrogen-bond donors (Lipinski definition) is 3. The van der Waals surface area contributed by atoms with Crippen LogP contribution >= 0.6 is 0 Å². The minimum absolute atomic E-state index is 0.0501. The van der Waals surface area contributed by atoms with Gasteiger partial charge in [0.2, 0.25) is 10.0 Å². The van der Waals surface area contributed by atoms with Gasteiger partial charge < -0.3 is 15.3 Å². The molecule has 1 aromatic carbocycles. The first kappa shape index (κ1) is 25.6. The monoisotopic (exact) mass is 537 g/mol. The van der Waals surface area contributed by atoms with Gasteiger partial charge in [-0.05, 0) is 55.4 Å². The van der Waals surface area contributed by atoms with Crippen LogP contribution in [0.2, 0.25) is 0 Å². The average Bonchev–Trinajstić information content (AvgIpc) is 3.57. The Labute approximate surface area is 212 Å². The number of benzene rings is 1. The largest absolute Gasteiger partial charge is 0.395 e. The maximum absolute atomic E-state index is 13.3. The Morgan fingerprint density at radius 2 is 1.81 bits per heavy atom. The lowest BCUT2D eigenvalue weighted by Crippen LogP contribution is -2.42. The summed E-state index contributed by atoms with van der Waals surface area (Å²) in [5.41, 5.74) is 0.955. The minimum Gasteiger partial charge on any atom is -0.395 e. The first-order chi connectivity index (χ1) is 17.5. The smallest absolute Gasteiger partial charge is 0.267 e.